The van der Waals surface area contributed by atoms with Crippen molar-refractivity contribution in [3.63, 3.8) is 0 Å². The van der Waals surface area contributed by atoms with E-state index in [1.807, 2.05) is 0 Å². The van der Waals surface area contributed by atoms with E-state index in [2.05, 4.69) is 0 Å². The van der Waals surface area contributed by atoms with Crippen LogP contribution in [0.4, 0.5) is 4.79 Å². The Morgan fingerprint density at radius 3 is 2.57 bits per heavy atom. The van der Waals surface area contributed by atoms with Crippen LogP contribution >= 0.6 is 0 Å². The fraction of sp³-hybridized carbons (Fsp3) is 0.750. The molecule has 23 heavy (non-hydrogen) atoms. The predicted molar refractivity (Wildman–Crippen MR) is 72.6 cm³/mol. The third kappa shape index (κ3) is 3.28. The Morgan fingerprint density at radius 2 is 2.04 bits per heavy atom. The average Bonchev–Trinajstić information content (AvgIpc) is 2.79. The molecule has 2 fully saturated rings. The maximum absolute atomic E-state index is 12.4. The number of β-amino-alcohol motifs (C(OH)–C–C–N with tert-alkyl or cyclic N) is 1. The van der Waals surface area contributed by atoms with Crippen molar-refractivity contribution in [2.24, 2.45) is 0 Å². The summed E-state index contributed by atoms with van der Waals surface area (Å²) in [5.41, 5.74) is 0. The Hall–Kier alpha value is -1.79. The van der Waals surface area contributed by atoms with Gasteiger partial charge in [-0.15, -0.1) is 0 Å². The van der Waals surface area contributed by atoms with Gasteiger partial charge in [-0.2, -0.15) is 0 Å². The number of hydrogen-bond donors (Lipinski definition) is 6. The van der Waals surface area contributed by atoms with Gasteiger partial charge in [0.25, 0.3) is 0 Å². The molecule has 130 valence electrons. The molecule has 11 heteroatoms. The second-order valence-corrected chi connectivity index (χ2v) is 5.37. The fourth-order valence-corrected chi connectivity index (χ4v) is 2.54. The summed E-state index contributed by atoms with van der Waals surface area (Å²) in [7, 11) is 0. The Morgan fingerprint density at radius 1 is 1.39 bits per heavy atom. The molecule has 2 rings (SSSR count). The number of carboxylic acids is 1. The fourth-order valence-electron chi connectivity index (χ4n) is 2.54. The molecule has 2 amide bonds. The number of ether oxygens (including phenoxy) is 1. The molecule has 0 aromatic rings. The number of carbonyl (C=O) groups excluding carboxylic acids is 1. The van der Waals surface area contributed by atoms with E-state index in [4.69, 9.17) is 20.4 Å². The summed E-state index contributed by atoms with van der Waals surface area (Å²) in [6.45, 7) is -1.14. The molecule has 2 aliphatic heterocycles. The summed E-state index contributed by atoms with van der Waals surface area (Å²) in [5, 5.41) is 54.6. The van der Waals surface area contributed by atoms with Gasteiger partial charge in [0.15, 0.2) is 12.3 Å². The summed E-state index contributed by atoms with van der Waals surface area (Å²) < 4.78 is 5.26. The highest BCUT2D eigenvalue weighted by atomic mass is 16.6. The van der Waals surface area contributed by atoms with Crippen molar-refractivity contribution in [2.75, 3.05) is 19.7 Å². The van der Waals surface area contributed by atoms with Crippen molar-refractivity contribution in [1.29, 1.82) is 5.41 Å². The summed E-state index contributed by atoms with van der Waals surface area (Å²) in [4.78, 5) is 24.9. The maximum Gasteiger partial charge on any atom is 0.334 e. The van der Waals surface area contributed by atoms with Crippen LogP contribution in [-0.4, -0.2) is 104 Å². The Kier molecular flexibility index (Phi) is 5.16. The van der Waals surface area contributed by atoms with E-state index in [0.717, 1.165) is 9.80 Å². The zero-order valence-electron chi connectivity index (χ0n) is 12.1. The van der Waals surface area contributed by atoms with Gasteiger partial charge in [0.05, 0.1) is 13.2 Å². The number of urea groups is 1. The van der Waals surface area contributed by atoms with Crippen molar-refractivity contribution in [1.82, 2.24) is 9.80 Å². The van der Waals surface area contributed by atoms with E-state index in [1.54, 1.807) is 0 Å². The molecule has 0 aliphatic carbocycles. The number of hydrogen-bond acceptors (Lipinski definition) is 8. The third-order valence-corrected chi connectivity index (χ3v) is 3.86. The van der Waals surface area contributed by atoms with Crippen LogP contribution in [0.5, 0.6) is 0 Å². The first kappa shape index (κ1) is 17.6. The molecular formula is C12H19N3O8. The van der Waals surface area contributed by atoms with Gasteiger partial charge in [0.1, 0.15) is 24.1 Å². The van der Waals surface area contributed by atoms with Gasteiger partial charge in [-0.1, -0.05) is 0 Å². The zero-order chi connectivity index (χ0) is 17.3. The van der Waals surface area contributed by atoms with E-state index in [9.17, 15) is 24.9 Å². The summed E-state index contributed by atoms with van der Waals surface area (Å²) in [6.07, 6.45) is -6.91. The lowest BCUT2D eigenvalue weighted by Crippen LogP contribution is -2.59. The second kappa shape index (κ2) is 6.76. The minimum absolute atomic E-state index is 0.0178. The lowest BCUT2D eigenvalue weighted by molar-refractivity contribution is -0.147. The Balaban J connectivity index is 2.13. The highest BCUT2D eigenvalue weighted by Crippen LogP contribution is 2.27. The molecule has 2 aliphatic rings. The number of aliphatic hydroxyl groups excluding tert-OH is 4. The highest BCUT2D eigenvalue weighted by molar-refractivity contribution is 5.98. The van der Waals surface area contributed by atoms with Gasteiger partial charge < -0.3 is 30.3 Å². The molecule has 2 saturated heterocycles. The molecule has 6 N–H and O–H groups in total. The van der Waals surface area contributed by atoms with E-state index in [0.29, 0.717) is 0 Å². The van der Waals surface area contributed by atoms with Crippen LogP contribution in [0.1, 0.15) is 6.42 Å². The topological polar surface area (TPSA) is 175 Å². The van der Waals surface area contributed by atoms with E-state index in [1.165, 1.54) is 0 Å². The van der Waals surface area contributed by atoms with Gasteiger partial charge in [-0.25, -0.2) is 9.59 Å². The molecular weight excluding hydrogens is 314 g/mol. The monoisotopic (exact) mass is 333 g/mol. The largest absolute Gasteiger partial charge is 0.479 e. The van der Waals surface area contributed by atoms with Gasteiger partial charge >= 0.3 is 12.0 Å². The van der Waals surface area contributed by atoms with Gasteiger partial charge in [-0.3, -0.25) is 15.2 Å². The number of nitrogens with zero attached hydrogens (tertiary/aromatic N) is 2. The molecule has 11 nitrogen and oxygen atoms in total. The van der Waals surface area contributed by atoms with Crippen molar-refractivity contribution in [3.8, 4) is 0 Å². The van der Waals surface area contributed by atoms with Crippen LogP contribution in [0, 0.1) is 5.41 Å². The number of aliphatic hydroxyl groups is 4. The van der Waals surface area contributed by atoms with Gasteiger partial charge in [0, 0.05) is 13.0 Å². The molecule has 0 bridgehead atoms. The number of nitrogens with one attached hydrogen (secondary N) is 1. The van der Waals surface area contributed by atoms with Crippen LogP contribution in [0.3, 0.4) is 0 Å². The molecule has 2 heterocycles. The van der Waals surface area contributed by atoms with Crippen molar-refractivity contribution in [3.05, 3.63) is 0 Å². The van der Waals surface area contributed by atoms with Crippen LogP contribution in [0.2, 0.25) is 0 Å². The maximum atomic E-state index is 12.4. The number of carboxylic acid groups (broad SMARTS) is 1. The van der Waals surface area contributed by atoms with Crippen molar-refractivity contribution >= 4 is 17.8 Å². The molecule has 5 atom stereocenters. The SMILES string of the molecule is N=C1CCN([C@@H]2O[C@H](CO)[C@@H](O)[C@H]2O)C(=O)N1CC(O)C(=O)O. The van der Waals surface area contributed by atoms with Crippen LogP contribution < -0.4 is 0 Å². The first-order valence-electron chi connectivity index (χ1n) is 6.96. The summed E-state index contributed by atoms with van der Waals surface area (Å²) in [5.74, 6) is -1.70. The third-order valence-electron chi connectivity index (χ3n) is 3.86. The van der Waals surface area contributed by atoms with Crippen molar-refractivity contribution in [2.45, 2.75) is 37.1 Å². The molecule has 1 unspecified atom stereocenters. The number of carbonyl (C=O) groups is 2. The number of rotatable bonds is 5. The lowest BCUT2D eigenvalue weighted by Gasteiger charge is -2.39. The average molecular weight is 333 g/mol. The molecule has 0 radical (unpaired) electrons. The predicted octanol–water partition coefficient (Wildman–Crippen LogP) is -3.02. The van der Waals surface area contributed by atoms with Gasteiger partial charge in [0.2, 0.25) is 0 Å². The molecule has 0 aromatic heterocycles. The summed E-state index contributed by atoms with van der Waals surface area (Å²) in [6, 6.07) is -0.823. The normalized spacial score (nSPS) is 33.2. The first-order chi connectivity index (χ1) is 10.8. The van der Waals surface area contributed by atoms with Crippen LogP contribution in [-0.2, 0) is 9.53 Å². The highest BCUT2D eigenvalue weighted by Gasteiger charge is 2.48. The molecule has 0 aromatic carbocycles. The van der Waals surface area contributed by atoms with Crippen LogP contribution in [0.15, 0.2) is 0 Å². The Labute approximate surface area is 130 Å². The van der Waals surface area contributed by atoms with E-state index >= 15 is 0 Å². The quantitative estimate of drug-likeness (QED) is 0.308. The minimum atomic E-state index is -1.86. The van der Waals surface area contributed by atoms with E-state index in [-0.39, 0.29) is 18.8 Å². The second-order valence-electron chi connectivity index (χ2n) is 5.37. The Bertz CT molecular complexity index is 501. The van der Waals surface area contributed by atoms with E-state index < -0.39 is 55.8 Å². The molecule has 0 saturated carbocycles. The zero-order valence-corrected chi connectivity index (χ0v) is 12.1. The minimum Gasteiger partial charge on any atom is -0.479 e. The number of amidine groups is 1. The van der Waals surface area contributed by atoms with Crippen molar-refractivity contribution < 1.29 is 39.9 Å². The summed E-state index contributed by atoms with van der Waals surface area (Å²) >= 11 is 0. The van der Waals surface area contributed by atoms with Crippen LogP contribution in [0.25, 0.3) is 0 Å². The number of aliphatic carboxylic acids is 1. The van der Waals surface area contributed by atoms with Gasteiger partial charge in [-0.05, 0) is 0 Å². The number of amides is 2. The molecule has 0 spiro atoms. The first-order valence-corrected chi connectivity index (χ1v) is 6.96. The lowest BCUT2D eigenvalue weighted by atomic mass is 10.1. The standard InChI is InChI=1S/C12H19N3O8/c13-7-1-2-14(10-9(19)8(18)6(4-16)23-10)12(22)15(7)3-5(17)11(20)21/h5-6,8-10,13,16-19H,1-4H2,(H,20,21)/t5?,6-,8-,9-,10-/m1/s1. The smallest absolute Gasteiger partial charge is 0.334 e.